The van der Waals surface area contributed by atoms with Crippen molar-refractivity contribution in [2.75, 3.05) is 38.3 Å². The van der Waals surface area contributed by atoms with E-state index in [1.807, 2.05) is 11.9 Å². The summed E-state index contributed by atoms with van der Waals surface area (Å²) < 4.78 is 41.6. The van der Waals surface area contributed by atoms with E-state index in [0.29, 0.717) is 36.5 Å². The fraction of sp³-hybridized carbons (Fsp3) is 0.636. The van der Waals surface area contributed by atoms with Crippen LogP contribution in [0.3, 0.4) is 0 Å². The Morgan fingerprint density at radius 3 is 2.91 bits per heavy atom. The van der Waals surface area contributed by atoms with Crippen LogP contribution >= 0.6 is 27.5 Å². The number of fused-ring (bicyclic) bond motifs is 1. The molecular weight excluding hydrogens is 506 g/mol. The van der Waals surface area contributed by atoms with Crippen LogP contribution < -0.4 is 14.4 Å². The van der Waals surface area contributed by atoms with Gasteiger partial charge in [0.25, 0.3) is 0 Å². The highest BCUT2D eigenvalue weighted by molar-refractivity contribution is 9.10. The van der Waals surface area contributed by atoms with Crippen LogP contribution in [0.15, 0.2) is 4.47 Å². The summed E-state index contributed by atoms with van der Waals surface area (Å²) in [5, 5.41) is 0.582. The predicted octanol–water partition coefficient (Wildman–Crippen LogP) is 4.99. The van der Waals surface area contributed by atoms with Crippen LogP contribution in [0.25, 0.3) is 10.9 Å². The first kappa shape index (κ1) is 22.3. The van der Waals surface area contributed by atoms with Crippen molar-refractivity contribution in [1.82, 2.24) is 14.9 Å². The molecule has 1 aromatic carbocycles. The number of benzene rings is 1. The Morgan fingerprint density at radius 2 is 2.12 bits per heavy atom. The van der Waals surface area contributed by atoms with Crippen LogP contribution in [0.5, 0.6) is 11.8 Å². The van der Waals surface area contributed by atoms with Crippen LogP contribution in [0.1, 0.15) is 33.1 Å². The minimum Gasteiger partial charge on any atom is -0.491 e. The summed E-state index contributed by atoms with van der Waals surface area (Å²) in [6.07, 6.45) is 1.47. The molecule has 32 heavy (non-hydrogen) atoms. The average molecular weight is 532 g/mol. The zero-order chi connectivity index (χ0) is 22.8. The number of hydrogen-bond acceptors (Lipinski definition) is 6. The van der Waals surface area contributed by atoms with Gasteiger partial charge in [0, 0.05) is 32.0 Å². The number of hydrogen-bond donors (Lipinski definition) is 0. The molecule has 0 N–H and O–H groups in total. The lowest BCUT2D eigenvalue weighted by Gasteiger charge is -2.35. The fourth-order valence-electron chi connectivity index (χ4n) is 5.24. The maximum Gasteiger partial charge on any atom is 0.319 e. The summed E-state index contributed by atoms with van der Waals surface area (Å²) in [5.74, 6) is 0.445. The van der Waals surface area contributed by atoms with Gasteiger partial charge in [-0.3, -0.25) is 4.90 Å². The van der Waals surface area contributed by atoms with E-state index in [9.17, 15) is 4.39 Å². The number of aromatic nitrogens is 2. The quantitative estimate of drug-likeness (QED) is 0.520. The molecule has 2 fully saturated rings. The van der Waals surface area contributed by atoms with E-state index in [-0.39, 0.29) is 45.1 Å². The molecule has 1 aromatic heterocycles. The molecule has 0 radical (unpaired) electrons. The van der Waals surface area contributed by atoms with Crippen molar-refractivity contribution in [3.8, 4) is 11.8 Å². The van der Waals surface area contributed by atoms with E-state index in [1.54, 1.807) is 0 Å². The molecule has 174 valence electrons. The van der Waals surface area contributed by atoms with Crippen LogP contribution in [0, 0.1) is 11.7 Å². The number of rotatable bonds is 3. The van der Waals surface area contributed by atoms with Crippen LogP contribution in [-0.2, 0) is 0 Å². The summed E-state index contributed by atoms with van der Waals surface area (Å²) in [7, 11) is 1.91. The van der Waals surface area contributed by atoms with Gasteiger partial charge in [-0.05, 0) is 42.2 Å². The number of anilines is 1. The SMILES string of the molecule is CC1COc2c(Cl)c(Br)c(F)c3nc(OC[C@@]45CCCN4C[C@H](F)C5)nc(c23)N(C)[C@@H]1C. The molecule has 3 aliphatic heterocycles. The molecule has 5 rings (SSSR count). The van der Waals surface area contributed by atoms with E-state index < -0.39 is 12.0 Å². The summed E-state index contributed by atoms with van der Waals surface area (Å²) in [6.45, 7) is 6.15. The number of halogens is 4. The molecule has 0 amide bonds. The highest BCUT2D eigenvalue weighted by atomic mass is 79.9. The highest BCUT2D eigenvalue weighted by Crippen LogP contribution is 2.47. The molecule has 0 saturated carbocycles. The maximum atomic E-state index is 15.3. The van der Waals surface area contributed by atoms with Crippen molar-refractivity contribution in [3.63, 3.8) is 0 Å². The molecule has 2 saturated heterocycles. The topological polar surface area (TPSA) is 50.7 Å². The van der Waals surface area contributed by atoms with Gasteiger partial charge in [0.05, 0.1) is 22.0 Å². The second-order valence-electron chi connectivity index (χ2n) is 9.33. The molecule has 4 atom stereocenters. The molecule has 4 heterocycles. The average Bonchev–Trinajstić information content (AvgIpc) is 3.29. The summed E-state index contributed by atoms with van der Waals surface area (Å²) in [4.78, 5) is 13.2. The summed E-state index contributed by atoms with van der Waals surface area (Å²) in [6, 6.07) is 0.146. The smallest absolute Gasteiger partial charge is 0.319 e. The predicted molar refractivity (Wildman–Crippen MR) is 123 cm³/mol. The van der Waals surface area contributed by atoms with Crippen molar-refractivity contribution < 1.29 is 18.3 Å². The molecule has 3 aliphatic rings. The number of alkyl halides is 1. The van der Waals surface area contributed by atoms with Gasteiger partial charge in [-0.25, -0.2) is 8.78 Å². The first-order valence-corrected chi connectivity index (χ1v) is 12.1. The zero-order valence-electron chi connectivity index (χ0n) is 18.3. The van der Waals surface area contributed by atoms with Crippen molar-refractivity contribution in [1.29, 1.82) is 0 Å². The molecule has 10 heteroatoms. The van der Waals surface area contributed by atoms with Crippen molar-refractivity contribution in [3.05, 3.63) is 15.3 Å². The lowest BCUT2D eigenvalue weighted by Crippen LogP contribution is -2.43. The lowest BCUT2D eigenvalue weighted by atomic mass is 9.95. The van der Waals surface area contributed by atoms with Crippen LogP contribution in [0.4, 0.5) is 14.6 Å². The van der Waals surface area contributed by atoms with Gasteiger partial charge in [-0.1, -0.05) is 18.5 Å². The number of ether oxygens (including phenoxy) is 2. The van der Waals surface area contributed by atoms with Crippen LogP contribution in [0.2, 0.25) is 5.02 Å². The molecule has 0 spiro atoms. The van der Waals surface area contributed by atoms with E-state index in [2.05, 4.69) is 44.6 Å². The third-order valence-corrected chi connectivity index (χ3v) is 8.71. The van der Waals surface area contributed by atoms with Gasteiger partial charge in [0.15, 0.2) is 11.6 Å². The molecule has 6 nitrogen and oxygen atoms in total. The lowest BCUT2D eigenvalue weighted by molar-refractivity contribution is 0.107. The Bertz CT molecular complexity index is 1080. The van der Waals surface area contributed by atoms with E-state index in [4.69, 9.17) is 21.1 Å². The third kappa shape index (κ3) is 3.42. The van der Waals surface area contributed by atoms with Crippen molar-refractivity contribution in [2.24, 2.45) is 5.92 Å². The molecule has 1 unspecified atom stereocenters. The zero-order valence-corrected chi connectivity index (χ0v) is 20.6. The number of nitrogens with zero attached hydrogens (tertiary/aromatic N) is 4. The molecule has 2 aromatic rings. The Labute approximate surface area is 199 Å². The standard InChI is InChI=1S/C22H26BrClF2N4O2/c1-11-9-31-19-14-18(17(26)15(23)16(19)24)27-21(28-20(14)29(3)12(11)2)32-10-22-5-4-6-30(22)8-13(25)7-22/h11-13H,4-10H2,1-3H3/t11?,12-,13-,22+/m1/s1. The Kier molecular flexibility index (Phi) is 5.65. The summed E-state index contributed by atoms with van der Waals surface area (Å²) in [5.41, 5.74) is -0.259. The first-order valence-electron chi connectivity index (χ1n) is 11.0. The van der Waals surface area contributed by atoms with Crippen molar-refractivity contribution >= 4 is 44.3 Å². The Morgan fingerprint density at radius 1 is 1.34 bits per heavy atom. The monoisotopic (exact) mass is 530 g/mol. The normalized spacial score (nSPS) is 30.2. The summed E-state index contributed by atoms with van der Waals surface area (Å²) >= 11 is 9.68. The second kappa shape index (κ2) is 8.09. The third-order valence-electron chi connectivity index (χ3n) is 7.38. The Hall–Kier alpha value is -1.45. The van der Waals surface area contributed by atoms with Crippen LogP contribution in [-0.4, -0.2) is 66.0 Å². The minimum atomic E-state index is -0.853. The maximum absolute atomic E-state index is 15.3. The van der Waals surface area contributed by atoms with Gasteiger partial charge in [0.1, 0.15) is 29.1 Å². The fourth-order valence-corrected chi connectivity index (χ4v) is 5.84. The van der Waals surface area contributed by atoms with Gasteiger partial charge in [-0.15, -0.1) is 0 Å². The largest absolute Gasteiger partial charge is 0.491 e. The molecule has 0 bridgehead atoms. The van der Waals surface area contributed by atoms with Crippen molar-refractivity contribution in [2.45, 2.75) is 50.9 Å². The van der Waals surface area contributed by atoms with E-state index >= 15 is 4.39 Å². The molecular formula is C22H26BrClF2N4O2. The minimum absolute atomic E-state index is 0.0717. The van der Waals surface area contributed by atoms with Gasteiger partial charge in [-0.2, -0.15) is 9.97 Å². The second-order valence-corrected chi connectivity index (χ2v) is 10.5. The molecule has 0 aliphatic carbocycles. The Balaban J connectivity index is 1.60. The first-order chi connectivity index (χ1) is 15.2. The highest BCUT2D eigenvalue weighted by Gasteiger charge is 2.49. The van der Waals surface area contributed by atoms with E-state index in [0.717, 1.165) is 19.4 Å². The van der Waals surface area contributed by atoms with Gasteiger partial charge < -0.3 is 14.4 Å². The van der Waals surface area contributed by atoms with E-state index in [1.165, 1.54) is 0 Å². The van der Waals surface area contributed by atoms with Gasteiger partial charge >= 0.3 is 6.01 Å². The van der Waals surface area contributed by atoms with Gasteiger partial charge in [0.2, 0.25) is 0 Å².